The second kappa shape index (κ2) is 21.3. The van der Waals surface area contributed by atoms with Crippen molar-refractivity contribution in [3.8, 4) is 0 Å². The highest BCUT2D eigenvalue weighted by Gasteiger charge is 2.37. The van der Waals surface area contributed by atoms with E-state index in [2.05, 4.69) is 29.7 Å². The molecule has 26 heteroatoms. The van der Waals surface area contributed by atoms with Gasteiger partial charge in [-0.25, -0.2) is 36.1 Å². The molecule has 0 amide bonds. The van der Waals surface area contributed by atoms with Crippen LogP contribution < -0.4 is 14.8 Å². The number of alkyl halides is 6. The fourth-order valence-electron chi connectivity index (χ4n) is 5.90. The van der Waals surface area contributed by atoms with Gasteiger partial charge in [-0.3, -0.25) is 24.3 Å². The molecule has 0 unspecified atom stereocenters. The Morgan fingerprint density at radius 2 is 1.26 bits per heavy atom. The van der Waals surface area contributed by atoms with E-state index in [4.69, 9.17) is 33.7 Å². The molecule has 16 nitrogen and oxygen atoms in total. The number of benzene rings is 2. The number of nitrogens with zero attached hydrogens (tertiary/aromatic N) is 7. The zero-order chi connectivity index (χ0) is 51.2. The van der Waals surface area contributed by atoms with Crippen LogP contribution in [0.1, 0.15) is 54.4 Å². The smallest absolute Gasteiger partial charge is 0.384 e. The normalized spacial score (nSPS) is 12.0. The molecule has 0 bridgehead atoms. The largest absolute Gasteiger partial charge is 0.417 e. The number of aromatic nitrogens is 4. The Balaban J connectivity index is 0.000000263. The average molecular weight is 1040 g/mol. The predicted molar refractivity (Wildman–Crippen MR) is 245 cm³/mol. The lowest BCUT2D eigenvalue weighted by molar-refractivity contribution is -0.138. The number of rotatable bonds is 14. The van der Waals surface area contributed by atoms with Crippen molar-refractivity contribution in [2.45, 2.75) is 36.0 Å². The Labute approximate surface area is 400 Å². The van der Waals surface area contributed by atoms with Gasteiger partial charge < -0.3 is 15.4 Å². The van der Waals surface area contributed by atoms with E-state index in [1.54, 1.807) is 32.8 Å². The molecule has 0 fully saturated rings. The molecule has 0 atom stereocenters. The third kappa shape index (κ3) is 13.1. The predicted octanol–water partition coefficient (Wildman–Crippen LogP) is 8.78. The summed E-state index contributed by atoms with van der Waals surface area (Å²) >= 11 is 11.2. The maximum absolute atomic E-state index is 13.6. The number of carbonyl (C=O) groups is 2. The van der Waals surface area contributed by atoms with Crippen LogP contribution in [-0.2, 0) is 37.1 Å². The van der Waals surface area contributed by atoms with Crippen molar-refractivity contribution in [3.63, 3.8) is 0 Å². The van der Waals surface area contributed by atoms with Crippen LogP contribution in [0, 0.1) is 13.8 Å². The number of carbonyl (C=O) groups excluding carboxylic acids is 2. The number of hydrogen-bond donors (Lipinski definition) is 2. The highest BCUT2D eigenvalue weighted by Crippen LogP contribution is 2.39. The second-order valence-electron chi connectivity index (χ2n) is 14.7. The summed E-state index contributed by atoms with van der Waals surface area (Å²) < 4.78 is 140. The first-order valence-electron chi connectivity index (χ1n) is 19.3. The van der Waals surface area contributed by atoms with Crippen molar-refractivity contribution in [2.75, 3.05) is 42.7 Å². The first kappa shape index (κ1) is 53.2. The second-order valence-corrected chi connectivity index (χ2v) is 19.0. The molecular formula is C43H37Cl2F6N9O7S2. The van der Waals surface area contributed by atoms with E-state index in [1.807, 2.05) is 0 Å². The number of hydrogen-bond acceptors (Lipinski definition) is 13. The first-order chi connectivity index (χ1) is 32.1. The molecule has 3 N–H and O–H groups in total. The van der Waals surface area contributed by atoms with Gasteiger partial charge >= 0.3 is 12.4 Å². The van der Waals surface area contributed by atoms with Crippen molar-refractivity contribution in [2.24, 2.45) is 4.99 Å². The summed E-state index contributed by atoms with van der Waals surface area (Å²) in [7, 11) is -4.48. The van der Waals surface area contributed by atoms with Crippen LogP contribution in [0.5, 0.6) is 0 Å². The molecule has 69 heavy (non-hydrogen) atoms. The third-order valence-corrected chi connectivity index (χ3v) is 12.8. The van der Waals surface area contributed by atoms with E-state index in [1.165, 1.54) is 74.6 Å². The number of nitrogen functional groups attached to an aromatic ring is 1. The maximum atomic E-state index is 13.6. The lowest BCUT2D eigenvalue weighted by Crippen LogP contribution is -2.34. The summed E-state index contributed by atoms with van der Waals surface area (Å²) in [4.78, 5) is 46.8. The molecule has 2 aromatic carbocycles. The Kier molecular flexibility index (Phi) is 16.4. The number of sulfonamides is 2. The van der Waals surface area contributed by atoms with Crippen LogP contribution in [0.4, 0.5) is 49.4 Å². The van der Waals surface area contributed by atoms with Gasteiger partial charge in [0.15, 0.2) is 5.82 Å². The standard InChI is InChI=1S/C24H23ClF3N5O4S.C19H14ClF3N4O3S/c1-15-9-20(22(30-12-15)23(34)16-7-8-29-21(10-16)31-13-32(2)3)33(14-37-4)38(35,36)17-5-6-19(25)18(11-17)24(26,27)28;1-10-6-15(17(26-9-10)18(28)11-4-5-25-16(24)7-11)27-31(29,30)12-2-3-14(20)13(8-12)19(21,22)23/h5-13H,14H2,1-4H3;2-9,27H,1H3,(H2,24,25). The van der Waals surface area contributed by atoms with E-state index in [9.17, 15) is 52.8 Å². The average Bonchev–Trinajstić information content (AvgIpc) is 3.26. The molecule has 0 aliphatic heterocycles. The molecule has 4 heterocycles. The molecule has 0 spiro atoms. The molecule has 0 saturated carbocycles. The Bertz CT molecular complexity index is 3180. The number of nitrogens with one attached hydrogen (secondary N) is 1. The zero-order valence-corrected chi connectivity index (χ0v) is 39.6. The Morgan fingerprint density at radius 3 is 1.83 bits per heavy atom. The number of halogens is 8. The number of ether oxygens (including phenoxy) is 1. The minimum Gasteiger partial charge on any atom is -0.384 e. The van der Waals surface area contributed by atoms with Gasteiger partial charge in [0.05, 0.1) is 48.7 Å². The molecule has 0 saturated heterocycles. The molecular weight excluding hydrogens is 1000 g/mol. The maximum Gasteiger partial charge on any atom is 0.417 e. The van der Waals surface area contributed by atoms with E-state index >= 15 is 0 Å². The molecule has 0 radical (unpaired) electrons. The van der Waals surface area contributed by atoms with E-state index in [-0.39, 0.29) is 45.5 Å². The number of methoxy groups -OCH3 is 1. The van der Waals surface area contributed by atoms with Gasteiger partial charge in [0, 0.05) is 57.1 Å². The van der Waals surface area contributed by atoms with Crippen molar-refractivity contribution in [1.82, 2.24) is 24.8 Å². The summed E-state index contributed by atoms with van der Waals surface area (Å²) in [5.74, 6) is -1.02. The summed E-state index contributed by atoms with van der Waals surface area (Å²) in [6, 6.07) is 12.6. The quantitative estimate of drug-likeness (QED) is 0.0343. The van der Waals surface area contributed by atoms with Crippen LogP contribution in [0.25, 0.3) is 0 Å². The summed E-state index contributed by atoms with van der Waals surface area (Å²) in [5, 5.41) is -1.30. The third-order valence-electron chi connectivity index (χ3n) is 9.07. The van der Waals surface area contributed by atoms with Crippen LogP contribution in [0.2, 0.25) is 10.0 Å². The molecule has 6 rings (SSSR count). The summed E-state index contributed by atoms with van der Waals surface area (Å²) in [6.45, 7) is 2.60. The Hall–Kier alpha value is -6.73. The lowest BCUT2D eigenvalue weighted by atomic mass is 10.1. The monoisotopic (exact) mass is 1040 g/mol. The SMILES string of the molecule is COCN(c1cc(C)cnc1C(=O)c1ccnc(N=CN(C)C)c1)S(=O)(=O)c1ccc(Cl)c(C(F)(F)F)c1.Cc1cnc(C(=O)c2ccnc(N)c2)c(NS(=O)(=O)c2ccc(Cl)c(C(F)(F)F)c2)c1. The summed E-state index contributed by atoms with van der Waals surface area (Å²) in [6.07, 6.45) is -2.89. The lowest BCUT2D eigenvalue weighted by Gasteiger charge is -2.26. The number of aryl methyl sites for hydroxylation is 2. The topological polar surface area (TPSA) is 220 Å². The first-order valence-corrected chi connectivity index (χ1v) is 23.0. The van der Waals surface area contributed by atoms with Crippen LogP contribution >= 0.6 is 23.2 Å². The van der Waals surface area contributed by atoms with E-state index < -0.39 is 81.7 Å². The van der Waals surface area contributed by atoms with Gasteiger partial charge in [0.25, 0.3) is 20.0 Å². The number of nitrogens with two attached hydrogens (primary N) is 1. The van der Waals surface area contributed by atoms with Crippen molar-refractivity contribution >= 4 is 84.2 Å². The minimum atomic E-state index is -4.89. The Morgan fingerprint density at radius 1 is 0.739 bits per heavy atom. The van der Waals surface area contributed by atoms with Gasteiger partial charge in [-0.05, 0) is 97.8 Å². The van der Waals surface area contributed by atoms with Crippen LogP contribution in [0.3, 0.4) is 0 Å². The molecule has 0 aliphatic rings. The fourth-order valence-corrected chi connectivity index (χ4v) is 8.84. The number of aliphatic imine (C=N–C) groups is 1. The highest BCUT2D eigenvalue weighted by atomic mass is 35.5. The van der Waals surface area contributed by atoms with Gasteiger partial charge in [-0.1, -0.05) is 23.2 Å². The number of anilines is 3. The van der Waals surface area contributed by atoms with E-state index in [0.717, 1.165) is 24.3 Å². The summed E-state index contributed by atoms with van der Waals surface area (Å²) in [5.41, 5.74) is 3.26. The zero-order valence-electron chi connectivity index (χ0n) is 36.4. The minimum absolute atomic E-state index is 0.0703. The van der Waals surface area contributed by atoms with Crippen molar-refractivity contribution < 1.29 is 57.5 Å². The number of ketones is 2. The van der Waals surface area contributed by atoms with Crippen molar-refractivity contribution in [1.29, 1.82) is 0 Å². The van der Waals surface area contributed by atoms with Crippen molar-refractivity contribution in [3.05, 3.63) is 152 Å². The molecule has 364 valence electrons. The van der Waals surface area contributed by atoms with Gasteiger partial charge in [-0.2, -0.15) is 26.3 Å². The molecule has 4 aromatic heterocycles. The van der Waals surface area contributed by atoms with Gasteiger partial charge in [0.2, 0.25) is 11.6 Å². The highest BCUT2D eigenvalue weighted by molar-refractivity contribution is 7.93. The van der Waals surface area contributed by atoms with E-state index in [0.29, 0.717) is 27.6 Å². The van der Waals surface area contributed by atoms with Gasteiger partial charge in [0.1, 0.15) is 23.9 Å². The fraction of sp³-hybridized carbons (Fsp3) is 0.186. The van der Waals surface area contributed by atoms with Crippen LogP contribution in [0.15, 0.2) is 112 Å². The van der Waals surface area contributed by atoms with Gasteiger partial charge in [-0.15, -0.1) is 0 Å². The molecule has 0 aliphatic carbocycles. The molecule has 6 aromatic rings. The number of pyridine rings is 4. The van der Waals surface area contributed by atoms with Crippen LogP contribution in [-0.4, -0.2) is 87.5 Å².